The van der Waals surface area contributed by atoms with Gasteiger partial charge in [-0.1, -0.05) is 6.92 Å². The van der Waals surface area contributed by atoms with Crippen molar-refractivity contribution in [2.75, 3.05) is 6.54 Å². The summed E-state index contributed by atoms with van der Waals surface area (Å²) in [5, 5.41) is 8.95. The maximum Gasteiger partial charge on any atom is 0.242 e. The highest BCUT2D eigenvalue weighted by Crippen LogP contribution is 2.26. The lowest BCUT2D eigenvalue weighted by Crippen LogP contribution is -2.49. The van der Waals surface area contributed by atoms with Crippen molar-refractivity contribution in [3.63, 3.8) is 0 Å². The van der Waals surface area contributed by atoms with E-state index >= 15 is 0 Å². The normalized spacial score (nSPS) is 27.3. The summed E-state index contributed by atoms with van der Waals surface area (Å²) in [5.74, 6) is 0.531. The van der Waals surface area contributed by atoms with Crippen molar-refractivity contribution in [1.29, 1.82) is 5.26 Å². The van der Waals surface area contributed by atoms with Crippen LogP contribution in [0.4, 0.5) is 0 Å². The molecule has 0 radical (unpaired) electrons. The second-order valence-corrected chi connectivity index (χ2v) is 5.23. The van der Waals surface area contributed by atoms with E-state index in [9.17, 15) is 4.79 Å². The van der Waals surface area contributed by atoms with Gasteiger partial charge in [0.15, 0.2) is 0 Å². The first-order chi connectivity index (χ1) is 6.88. The highest BCUT2D eigenvalue weighted by atomic mass is 16.2. The fourth-order valence-corrected chi connectivity index (χ4v) is 1.98. The van der Waals surface area contributed by atoms with E-state index in [-0.39, 0.29) is 11.9 Å². The molecule has 1 amide bonds. The molecule has 0 aliphatic carbocycles. The largest absolute Gasteiger partial charge is 0.338 e. The molecule has 0 bridgehead atoms. The Morgan fingerprint density at radius 2 is 2.00 bits per heavy atom. The lowest BCUT2D eigenvalue weighted by atomic mass is 9.89. The number of nitriles is 1. The van der Waals surface area contributed by atoms with Crippen LogP contribution in [0.5, 0.6) is 0 Å². The van der Waals surface area contributed by atoms with Gasteiger partial charge in [0.05, 0.1) is 6.07 Å². The van der Waals surface area contributed by atoms with Crippen molar-refractivity contribution in [1.82, 2.24) is 4.90 Å². The van der Waals surface area contributed by atoms with Crippen molar-refractivity contribution in [3.05, 3.63) is 0 Å². The standard InChI is InChI=1S/C12H20N2O/c1-9-5-6-10(2)14(7-9)11(15)12(3,4)8-13/h9-10H,5-7H2,1-4H3. The van der Waals surface area contributed by atoms with E-state index in [4.69, 9.17) is 5.26 Å². The third-order valence-corrected chi connectivity index (χ3v) is 3.19. The lowest BCUT2D eigenvalue weighted by molar-refractivity contribution is -0.142. The van der Waals surface area contributed by atoms with Crippen LogP contribution in [0.3, 0.4) is 0 Å². The van der Waals surface area contributed by atoms with E-state index in [2.05, 4.69) is 19.9 Å². The second-order valence-electron chi connectivity index (χ2n) is 5.23. The van der Waals surface area contributed by atoms with Crippen LogP contribution >= 0.6 is 0 Å². The van der Waals surface area contributed by atoms with Crippen molar-refractivity contribution < 1.29 is 4.79 Å². The third kappa shape index (κ3) is 2.50. The Morgan fingerprint density at radius 1 is 1.40 bits per heavy atom. The quantitative estimate of drug-likeness (QED) is 0.663. The van der Waals surface area contributed by atoms with E-state index in [1.165, 1.54) is 6.42 Å². The lowest BCUT2D eigenvalue weighted by Gasteiger charge is -2.39. The number of amides is 1. The van der Waals surface area contributed by atoms with Crippen molar-refractivity contribution >= 4 is 5.91 Å². The SMILES string of the molecule is CC1CCC(C)N(C(=O)C(C)(C)C#N)C1. The van der Waals surface area contributed by atoms with E-state index < -0.39 is 5.41 Å². The minimum absolute atomic E-state index is 0.0240. The summed E-state index contributed by atoms with van der Waals surface area (Å²) < 4.78 is 0. The van der Waals surface area contributed by atoms with Gasteiger partial charge in [0.25, 0.3) is 0 Å². The molecule has 3 nitrogen and oxygen atoms in total. The molecule has 84 valence electrons. The second kappa shape index (κ2) is 4.22. The number of nitrogens with zero attached hydrogens (tertiary/aromatic N) is 2. The molecule has 0 aromatic heterocycles. The first kappa shape index (κ1) is 12.0. The zero-order chi connectivity index (χ0) is 11.6. The number of hydrogen-bond donors (Lipinski definition) is 0. The molecule has 1 heterocycles. The zero-order valence-corrected chi connectivity index (χ0v) is 10.1. The molecule has 0 aromatic carbocycles. The molecule has 2 atom stereocenters. The van der Waals surface area contributed by atoms with Gasteiger partial charge in [-0.2, -0.15) is 5.26 Å². The van der Waals surface area contributed by atoms with Crippen LogP contribution in [-0.4, -0.2) is 23.4 Å². The first-order valence-electron chi connectivity index (χ1n) is 5.61. The molecule has 3 heteroatoms. The van der Waals surface area contributed by atoms with Gasteiger partial charge in [0, 0.05) is 12.6 Å². The highest BCUT2D eigenvalue weighted by molar-refractivity contribution is 5.85. The Labute approximate surface area is 92.1 Å². The molecular weight excluding hydrogens is 188 g/mol. The maximum absolute atomic E-state index is 12.1. The average Bonchev–Trinajstić information content (AvgIpc) is 2.20. The molecule has 0 saturated carbocycles. The van der Waals surface area contributed by atoms with Gasteiger partial charge < -0.3 is 4.90 Å². The molecule has 0 aromatic rings. The molecule has 1 aliphatic rings. The highest BCUT2D eigenvalue weighted by Gasteiger charge is 2.36. The Balaban J connectivity index is 2.78. The summed E-state index contributed by atoms with van der Waals surface area (Å²) in [7, 11) is 0. The fraction of sp³-hybridized carbons (Fsp3) is 0.833. The molecule has 1 aliphatic heterocycles. The maximum atomic E-state index is 12.1. The van der Waals surface area contributed by atoms with Gasteiger partial charge in [-0.05, 0) is 39.5 Å². The van der Waals surface area contributed by atoms with E-state index in [1.54, 1.807) is 13.8 Å². The van der Waals surface area contributed by atoms with Crippen LogP contribution in [0.15, 0.2) is 0 Å². The summed E-state index contributed by atoms with van der Waals surface area (Å²) in [6, 6.07) is 2.36. The summed E-state index contributed by atoms with van der Waals surface area (Å²) in [5.41, 5.74) is -0.884. The molecule has 2 unspecified atom stereocenters. The van der Waals surface area contributed by atoms with Gasteiger partial charge in [-0.3, -0.25) is 4.79 Å². The van der Waals surface area contributed by atoms with Gasteiger partial charge in [0.1, 0.15) is 5.41 Å². The van der Waals surface area contributed by atoms with Crippen LogP contribution in [0, 0.1) is 22.7 Å². The van der Waals surface area contributed by atoms with Crippen LogP contribution in [-0.2, 0) is 4.79 Å². The molecule has 0 N–H and O–H groups in total. The third-order valence-electron chi connectivity index (χ3n) is 3.19. The molecule has 1 saturated heterocycles. The average molecular weight is 208 g/mol. The summed E-state index contributed by atoms with van der Waals surface area (Å²) in [4.78, 5) is 14.0. The van der Waals surface area contributed by atoms with Crippen LogP contribution < -0.4 is 0 Å². The van der Waals surface area contributed by atoms with Gasteiger partial charge in [0.2, 0.25) is 5.91 Å². The predicted molar refractivity (Wildman–Crippen MR) is 59.0 cm³/mol. The Morgan fingerprint density at radius 3 is 2.53 bits per heavy atom. The topological polar surface area (TPSA) is 44.1 Å². The van der Waals surface area contributed by atoms with Crippen molar-refractivity contribution in [2.45, 2.75) is 46.6 Å². The minimum atomic E-state index is -0.884. The fourth-order valence-electron chi connectivity index (χ4n) is 1.98. The number of likely N-dealkylation sites (tertiary alicyclic amines) is 1. The molecule has 0 spiro atoms. The molecular formula is C12H20N2O. The molecule has 15 heavy (non-hydrogen) atoms. The number of carbonyl (C=O) groups excluding carboxylic acids is 1. The number of piperidine rings is 1. The van der Waals surface area contributed by atoms with Gasteiger partial charge in [-0.25, -0.2) is 0 Å². The minimum Gasteiger partial charge on any atom is -0.338 e. The molecule has 1 fully saturated rings. The summed E-state index contributed by atoms with van der Waals surface area (Å²) >= 11 is 0. The smallest absolute Gasteiger partial charge is 0.242 e. The predicted octanol–water partition coefficient (Wildman–Crippen LogP) is 2.18. The summed E-state index contributed by atoms with van der Waals surface area (Å²) in [6.07, 6.45) is 2.23. The zero-order valence-electron chi connectivity index (χ0n) is 10.1. The van der Waals surface area contributed by atoms with Gasteiger partial charge >= 0.3 is 0 Å². The van der Waals surface area contributed by atoms with Crippen molar-refractivity contribution in [3.8, 4) is 6.07 Å². The van der Waals surface area contributed by atoms with Crippen molar-refractivity contribution in [2.24, 2.45) is 11.3 Å². The number of carbonyl (C=O) groups is 1. The van der Waals surface area contributed by atoms with E-state index in [0.29, 0.717) is 5.92 Å². The summed E-state index contributed by atoms with van der Waals surface area (Å²) in [6.45, 7) is 8.41. The first-order valence-corrected chi connectivity index (χ1v) is 5.61. The molecule has 1 rings (SSSR count). The Bertz CT molecular complexity index is 290. The Hall–Kier alpha value is -1.04. The van der Waals surface area contributed by atoms with E-state index in [0.717, 1.165) is 13.0 Å². The van der Waals surface area contributed by atoms with Crippen LogP contribution in [0.25, 0.3) is 0 Å². The Kier molecular flexibility index (Phi) is 3.38. The van der Waals surface area contributed by atoms with Crippen LogP contribution in [0.1, 0.15) is 40.5 Å². The van der Waals surface area contributed by atoms with Gasteiger partial charge in [-0.15, -0.1) is 0 Å². The monoisotopic (exact) mass is 208 g/mol. The van der Waals surface area contributed by atoms with E-state index in [1.807, 2.05) is 4.90 Å². The van der Waals surface area contributed by atoms with Crippen LogP contribution in [0.2, 0.25) is 0 Å². The number of hydrogen-bond acceptors (Lipinski definition) is 2. The number of rotatable bonds is 1.